The van der Waals surface area contributed by atoms with Crippen molar-refractivity contribution in [2.75, 3.05) is 19.9 Å². The van der Waals surface area contributed by atoms with Crippen LogP contribution in [-0.2, 0) is 27.9 Å². The molecular formula is C24H22N4O9S2. The molecule has 2 aromatic carbocycles. The molecule has 0 saturated heterocycles. The smallest absolute Gasteiger partial charge is 0.296 e. The Kier molecular flexibility index (Phi) is 8.23. The van der Waals surface area contributed by atoms with Crippen molar-refractivity contribution < 1.29 is 32.5 Å². The highest BCUT2D eigenvalue weighted by Gasteiger charge is 2.35. The van der Waals surface area contributed by atoms with Crippen molar-refractivity contribution in [3.05, 3.63) is 97.2 Å². The summed E-state index contributed by atoms with van der Waals surface area (Å²) >= 11 is 1.42. The van der Waals surface area contributed by atoms with Gasteiger partial charge in [-0.15, -0.1) is 17.9 Å². The van der Waals surface area contributed by atoms with Gasteiger partial charge in [-0.25, -0.2) is 8.42 Å². The standard InChI is InChI=1S/C24H22N4O9S2/c1-2-9-26(39(34,35)23-8-6-18(27(30)31)12-20(23)28(32)33)15-24(29)25(14-19-4-3-10-38-19)13-17-5-7-21-22(11-17)37-16-36-21/h2-8,10-12H,1,9,13-16H2. The minimum absolute atomic E-state index is 0.0831. The summed E-state index contributed by atoms with van der Waals surface area (Å²) < 4.78 is 38.5. The van der Waals surface area contributed by atoms with E-state index in [1.54, 1.807) is 18.2 Å². The largest absolute Gasteiger partial charge is 0.454 e. The van der Waals surface area contributed by atoms with Gasteiger partial charge in [-0.2, -0.15) is 4.31 Å². The Hall–Kier alpha value is -4.34. The van der Waals surface area contributed by atoms with Crippen molar-refractivity contribution in [3.8, 4) is 11.5 Å². The highest BCUT2D eigenvalue weighted by molar-refractivity contribution is 7.89. The lowest BCUT2D eigenvalue weighted by Gasteiger charge is -2.26. The van der Waals surface area contributed by atoms with Crippen LogP contribution in [0.4, 0.5) is 11.4 Å². The lowest BCUT2D eigenvalue weighted by molar-refractivity contribution is -0.396. The van der Waals surface area contributed by atoms with Gasteiger partial charge < -0.3 is 14.4 Å². The van der Waals surface area contributed by atoms with Crippen LogP contribution in [0, 0.1) is 20.2 Å². The van der Waals surface area contributed by atoms with Gasteiger partial charge in [0.05, 0.1) is 29.0 Å². The first kappa shape index (κ1) is 27.7. The molecule has 0 spiro atoms. The van der Waals surface area contributed by atoms with E-state index in [9.17, 15) is 33.4 Å². The van der Waals surface area contributed by atoms with Gasteiger partial charge in [0, 0.05) is 24.0 Å². The predicted octanol–water partition coefficient (Wildman–Crippen LogP) is 3.70. The molecule has 13 nitrogen and oxygen atoms in total. The minimum atomic E-state index is -4.64. The van der Waals surface area contributed by atoms with Crippen molar-refractivity contribution in [1.82, 2.24) is 9.21 Å². The third kappa shape index (κ3) is 6.22. The molecular weight excluding hydrogens is 552 g/mol. The number of hydrogen-bond acceptors (Lipinski definition) is 10. The Bertz CT molecular complexity index is 1520. The maximum absolute atomic E-state index is 13.5. The van der Waals surface area contributed by atoms with Crippen molar-refractivity contribution in [3.63, 3.8) is 0 Å². The molecule has 4 rings (SSSR count). The summed E-state index contributed by atoms with van der Waals surface area (Å²) in [6, 6.07) is 11.1. The summed E-state index contributed by atoms with van der Waals surface area (Å²) in [7, 11) is -4.64. The number of rotatable bonds is 12. The zero-order valence-corrected chi connectivity index (χ0v) is 21.9. The van der Waals surface area contributed by atoms with Crippen molar-refractivity contribution in [1.29, 1.82) is 0 Å². The molecule has 0 bridgehead atoms. The molecule has 2 heterocycles. The van der Waals surface area contributed by atoms with Crippen molar-refractivity contribution >= 4 is 38.6 Å². The second-order valence-corrected chi connectivity index (χ2v) is 11.2. The summed E-state index contributed by atoms with van der Waals surface area (Å²) in [5.74, 6) is 0.524. The Labute approximate surface area is 226 Å². The van der Waals surface area contributed by atoms with Crippen LogP contribution in [0.15, 0.2) is 71.5 Å². The molecule has 1 aromatic heterocycles. The first-order valence-corrected chi connectivity index (χ1v) is 13.6. The molecule has 0 fully saturated rings. The number of benzene rings is 2. The fourth-order valence-corrected chi connectivity index (χ4v) is 6.06. The number of thiophene rings is 1. The summed E-state index contributed by atoms with van der Waals surface area (Å²) in [6.07, 6.45) is 1.24. The second kappa shape index (κ2) is 11.6. The van der Waals surface area contributed by atoms with Gasteiger partial charge in [-0.1, -0.05) is 18.2 Å². The van der Waals surface area contributed by atoms with E-state index in [1.165, 1.54) is 22.3 Å². The summed E-state index contributed by atoms with van der Waals surface area (Å²) in [5.41, 5.74) is -0.896. The summed E-state index contributed by atoms with van der Waals surface area (Å²) in [6.45, 7) is 2.94. The molecule has 1 amide bonds. The average molecular weight is 575 g/mol. The van der Waals surface area contributed by atoms with Crippen molar-refractivity contribution in [2.24, 2.45) is 0 Å². The van der Waals surface area contributed by atoms with Crippen LogP contribution < -0.4 is 9.47 Å². The molecule has 3 aromatic rings. The maximum atomic E-state index is 13.5. The quantitative estimate of drug-likeness (QED) is 0.178. The Morgan fingerprint density at radius 1 is 1.05 bits per heavy atom. The fraction of sp³-hybridized carbons (Fsp3) is 0.208. The first-order chi connectivity index (χ1) is 18.6. The van der Waals surface area contributed by atoms with Gasteiger partial charge >= 0.3 is 0 Å². The molecule has 0 radical (unpaired) electrons. The zero-order chi connectivity index (χ0) is 28.2. The van der Waals surface area contributed by atoms with E-state index in [4.69, 9.17) is 9.47 Å². The predicted molar refractivity (Wildman–Crippen MR) is 140 cm³/mol. The van der Waals surface area contributed by atoms with Gasteiger partial charge in [-0.05, 0) is 35.2 Å². The number of carbonyl (C=O) groups excluding carboxylic acids is 1. The summed E-state index contributed by atoms with van der Waals surface area (Å²) in [5, 5.41) is 24.5. The molecule has 204 valence electrons. The lowest BCUT2D eigenvalue weighted by Crippen LogP contribution is -2.42. The second-order valence-electron chi connectivity index (χ2n) is 8.27. The molecule has 0 atom stereocenters. The lowest BCUT2D eigenvalue weighted by atomic mass is 10.2. The Balaban J connectivity index is 1.64. The SMILES string of the molecule is C=CCN(CC(=O)N(Cc1ccc2c(c1)OCO2)Cc1cccs1)S(=O)(=O)c1ccc([N+](=O)[O-])cc1[N+](=O)[O-]. The van der Waals surface area contributed by atoms with E-state index >= 15 is 0 Å². The highest BCUT2D eigenvalue weighted by atomic mass is 32.2. The van der Waals surface area contributed by atoms with Crippen molar-refractivity contribution in [2.45, 2.75) is 18.0 Å². The number of carbonyl (C=O) groups is 1. The van der Waals surface area contributed by atoms with Crippen LogP contribution >= 0.6 is 11.3 Å². The number of amides is 1. The molecule has 1 aliphatic rings. The molecule has 0 unspecified atom stereocenters. The monoisotopic (exact) mass is 574 g/mol. The number of sulfonamides is 1. The van der Waals surface area contributed by atoms with Gasteiger partial charge in [0.1, 0.15) is 0 Å². The summed E-state index contributed by atoms with van der Waals surface area (Å²) in [4.78, 5) is 35.9. The van der Waals surface area contributed by atoms with Gasteiger partial charge in [-0.3, -0.25) is 25.0 Å². The molecule has 0 saturated carbocycles. The number of nitro benzene ring substituents is 2. The number of nitrogens with zero attached hydrogens (tertiary/aromatic N) is 4. The van der Waals surface area contributed by atoms with E-state index in [1.807, 2.05) is 17.5 Å². The number of non-ortho nitro benzene ring substituents is 1. The first-order valence-electron chi connectivity index (χ1n) is 11.3. The molecule has 1 aliphatic heterocycles. The number of hydrogen-bond donors (Lipinski definition) is 0. The van der Waals surface area contributed by atoms with E-state index in [0.717, 1.165) is 21.3 Å². The zero-order valence-electron chi connectivity index (χ0n) is 20.3. The minimum Gasteiger partial charge on any atom is -0.454 e. The van der Waals surface area contributed by atoms with Crippen LogP contribution in [0.25, 0.3) is 0 Å². The normalized spacial score (nSPS) is 12.3. The molecule has 0 aliphatic carbocycles. The van der Waals surface area contributed by atoms with Gasteiger partial charge in [0.25, 0.3) is 21.4 Å². The van der Waals surface area contributed by atoms with Crippen LogP contribution in [-0.4, -0.2) is 53.3 Å². The van der Waals surface area contributed by atoms with Crippen LogP contribution in [0.3, 0.4) is 0 Å². The highest BCUT2D eigenvalue weighted by Crippen LogP contribution is 2.33. The fourth-order valence-electron chi connectivity index (χ4n) is 3.84. The topological polar surface area (TPSA) is 162 Å². The number of fused-ring (bicyclic) bond motifs is 1. The van der Waals surface area contributed by atoms with Crippen LogP contribution in [0.1, 0.15) is 10.4 Å². The number of ether oxygens (including phenoxy) is 2. The number of nitro groups is 2. The average Bonchev–Trinajstić information content (AvgIpc) is 3.59. The maximum Gasteiger partial charge on any atom is 0.296 e. The molecule has 0 N–H and O–H groups in total. The third-order valence-electron chi connectivity index (χ3n) is 5.70. The van der Waals surface area contributed by atoms with E-state index in [0.29, 0.717) is 23.1 Å². The van der Waals surface area contributed by atoms with E-state index < -0.39 is 48.6 Å². The third-order valence-corrected chi connectivity index (χ3v) is 8.42. The van der Waals surface area contributed by atoms with Gasteiger partial charge in [0.2, 0.25) is 12.7 Å². The van der Waals surface area contributed by atoms with E-state index in [-0.39, 0.29) is 26.4 Å². The van der Waals surface area contributed by atoms with E-state index in [2.05, 4.69) is 6.58 Å². The molecule has 15 heteroatoms. The Morgan fingerprint density at radius 3 is 2.49 bits per heavy atom. The van der Waals surface area contributed by atoms with Crippen LogP contribution in [0.2, 0.25) is 0 Å². The van der Waals surface area contributed by atoms with Gasteiger partial charge in [0.15, 0.2) is 16.4 Å². The molecule has 39 heavy (non-hydrogen) atoms. The van der Waals surface area contributed by atoms with Crippen LogP contribution in [0.5, 0.6) is 11.5 Å². The Morgan fingerprint density at radius 2 is 1.82 bits per heavy atom.